The van der Waals surface area contributed by atoms with E-state index in [4.69, 9.17) is 15.0 Å². The number of primary amides is 1. The van der Waals surface area contributed by atoms with E-state index in [1.165, 1.54) is 5.56 Å². The predicted molar refractivity (Wildman–Crippen MR) is 87.7 cm³/mol. The molecule has 0 spiro atoms. The zero-order chi connectivity index (χ0) is 16.9. The quantitative estimate of drug-likeness (QED) is 0.834. The summed E-state index contributed by atoms with van der Waals surface area (Å²) in [5.74, 6) is 0.667. The van der Waals surface area contributed by atoms with E-state index >= 15 is 0 Å². The van der Waals surface area contributed by atoms with Gasteiger partial charge >= 0.3 is 0 Å². The molecule has 0 unspecified atom stereocenters. The zero-order valence-corrected chi connectivity index (χ0v) is 13.8. The van der Waals surface area contributed by atoms with E-state index in [9.17, 15) is 4.79 Å². The van der Waals surface area contributed by atoms with Gasteiger partial charge in [0.1, 0.15) is 5.75 Å². The number of carbonyl (C=O) groups excluding carboxylic acids is 1. The zero-order valence-electron chi connectivity index (χ0n) is 13.8. The molecule has 1 aliphatic rings. The molecule has 2 N–H and O–H groups in total. The summed E-state index contributed by atoms with van der Waals surface area (Å²) in [7, 11) is 1.68. The van der Waals surface area contributed by atoms with Gasteiger partial charge in [0.05, 0.1) is 13.2 Å². The average Bonchev–Trinajstić information content (AvgIpc) is 3.24. The van der Waals surface area contributed by atoms with Crippen LogP contribution >= 0.6 is 0 Å². The SMILES string of the molecule is COc1cccc(CCCN2CCC[C@H]2c2nc(C(N)=O)no2)c1. The first-order valence-electron chi connectivity index (χ1n) is 8.18. The summed E-state index contributed by atoms with van der Waals surface area (Å²) in [6.45, 7) is 1.94. The number of aromatic nitrogens is 2. The van der Waals surface area contributed by atoms with Crippen LogP contribution in [0.2, 0.25) is 0 Å². The first-order chi connectivity index (χ1) is 11.7. The second kappa shape index (κ2) is 7.44. The smallest absolute Gasteiger partial charge is 0.290 e. The average molecular weight is 330 g/mol. The Hall–Kier alpha value is -2.41. The molecule has 128 valence electrons. The Morgan fingerprint density at radius 1 is 1.50 bits per heavy atom. The summed E-state index contributed by atoms with van der Waals surface area (Å²) in [5, 5.41) is 3.64. The highest BCUT2D eigenvalue weighted by molar-refractivity contribution is 5.88. The van der Waals surface area contributed by atoms with Crippen LogP contribution in [0.5, 0.6) is 5.75 Å². The second-order valence-electron chi connectivity index (χ2n) is 5.97. The number of methoxy groups -OCH3 is 1. The van der Waals surface area contributed by atoms with Crippen molar-refractivity contribution < 1.29 is 14.1 Å². The van der Waals surface area contributed by atoms with Crippen molar-refractivity contribution in [2.24, 2.45) is 5.73 Å². The molecule has 1 atom stereocenters. The Kier molecular flexibility index (Phi) is 5.10. The molecule has 2 aromatic rings. The van der Waals surface area contributed by atoms with Crippen LogP contribution in [0.25, 0.3) is 0 Å². The Balaban J connectivity index is 1.56. The minimum absolute atomic E-state index is 0.0479. The number of nitrogens with two attached hydrogens (primary N) is 1. The lowest BCUT2D eigenvalue weighted by Gasteiger charge is -2.21. The molecule has 7 heteroatoms. The van der Waals surface area contributed by atoms with Crippen molar-refractivity contribution in [1.82, 2.24) is 15.0 Å². The van der Waals surface area contributed by atoms with Crippen LogP contribution in [0.15, 0.2) is 28.8 Å². The lowest BCUT2D eigenvalue weighted by molar-refractivity contribution is 0.0987. The number of hydrogen-bond donors (Lipinski definition) is 1. The Morgan fingerprint density at radius 2 is 2.38 bits per heavy atom. The van der Waals surface area contributed by atoms with Gasteiger partial charge in [0, 0.05) is 0 Å². The van der Waals surface area contributed by atoms with Gasteiger partial charge in [0.2, 0.25) is 5.89 Å². The minimum Gasteiger partial charge on any atom is -0.497 e. The van der Waals surface area contributed by atoms with Gasteiger partial charge in [0.15, 0.2) is 0 Å². The number of amides is 1. The van der Waals surface area contributed by atoms with Crippen LogP contribution in [-0.4, -0.2) is 41.1 Å². The van der Waals surface area contributed by atoms with Gasteiger partial charge < -0.3 is 15.0 Å². The molecular formula is C17H22N4O3. The van der Waals surface area contributed by atoms with Crippen LogP contribution in [0.4, 0.5) is 0 Å². The standard InChI is InChI=1S/C17H22N4O3/c1-23-13-7-2-5-12(11-13)6-3-9-21-10-4-8-14(21)17-19-16(15(18)22)20-24-17/h2,5,7,11,14H,3-4,6,8-10H2,1H3,(H2,18,22)/t14-/m0/s1. The molecule has 2 heterocycles. The number of hydrogen-bond acceptors (Lipinski definition) is 6. The lowest BCUT2D eigenvalue weighted by Crippen LogP contribution is -2.25. The van der Waals surface area contributed by atoms with Gasteiger partial charge in [0.25, 0.3) is 11.7 Å². The van der Waals surface area contributed by atoms with Crippen molar-refractivity contribution in [2.45, 2.75) is 31.7 Å². The number of benzene rings is 1. The van der Waals surface area contributed by atoms with Crippen LogP contribution in [0.1, 0.15) is 47.4 Å². The molecule has 0 radical (unpaired) electrons. The molecule has 1 aromatic heterocycles. The summed E-state index contributed by atoms with van der Waals surface area (Å²) in [5.41, 5.74) is 6.44. The molecule has 1 aromatic carbocycles. The Morgan fingerprint density at radius 3 is 3.12 bits per heavy atom. The first-order valence-corrected chi connectivity index (χ1v) is 8.18. The second-order valence-corrected chi connectivity index (χ2v) is 5.97. The van der Waals surface area contributed by atoms with Gasteiger partial charge in [-0.05, 0) is 56.5 Å². The molecule has 1 amide bonds. The third-order valence-electron chi connectivity index (χ3n) is 4.36. The van der Waals surface area contributed by atoms with E-state index < -0.39 is 5.91 Å². The summed E-state index contributed by atoms with van der Waals surface area (Å²) in [4.78, 5) is 17.6. The van der Waals surface area contributed by atoms with E-state index in [2.05, 4.69) is 27.2 Å². The number of carbonyl (C=O) groups is 1. The maximum absolute atomic E-state index is 11.1. The largest absolute Gasteiger partial charge is 0.497 e. The van der Waals surface area contributed by atoms with Crippen molar-refractivity contribution in [1.29, 1.82) is 0 Å². The predicted octanol–water partition coefficient (Wildman–Crippen LogP) is 1.95. The van der Waals surface area contributed by atoms with E-state index in [1.807, 2.05) is 12.1 Å². The van der Waals surface area contributed by atoms with Crippen molar-refractivity contribution in [2.75, 3.05) is 20.2 Å². The number of ether oxygens (including phenoxy) is 1. The van der Waals surface area contributed by atoms with E-state index in [0.717, 1.165) is 44.5 Å². The topological polar surface area (TPSA) is 94.5 Å². The molecule has 24 heavy (non-hydrogen) atoms. The number of rotatable bonds is 7. The fourth-order valence-electron chi connectivity index (χ4n) is 3.16. The van der Waals surface area contributed by atoms with Gasteiger partial charge in [-0.1, -0.05) is 17.3 Å². The van der Waals surface area contributed by atoms with Crippen LogP contribution in [-0.2, 0) is 6.42 Å². The third-order valence-corrected chi connectivity index (χ3v) is 4.36. The molecule has 0 saturated carbocycles. The molecule has 0 aliphatic carbocycles. The van der Waals surface area contributed by atoms with E-state index in [1.54, 1.807) is 7.11 Å². The van der Waals surface area contributed by atoms with Gasteiger partial charge in [-0.15, -0.1) is 0 Å². The molecule has 1 aliphatic heterocycles. The van der Waals surface area contributed by atoms with E-state index in [-0.39, 0.29) is 11.9 Å². The summed E-state index contributed by atoms with van der Waals surface area (Å²) in [6, 6.07) is 8.22. The Labute approximate surface area is 140 Å². The molecule has 1 saturated heterocycles. The maximum Gasteiger partial charge on any atom is 0.290 e. The molecule has 0 bridgehead atoms. The number of likely N-dealkylation sites (tertiary alicyclic amines) is 1. The van der Waals surface area contributed by atoms with E-state index in [0.29, 0.717) is 5.89 Å². The fraction of sp³-hybridized carbons (Fsp3) is 0.471. The maximum atomic E-state index is 11.1. The normalized spacial score (nSPS) is 18.0. The molecule has 7 nitrogen and oxygen atoms in total. The fourth-order valence-corrected chi connectivity index (χ4v) is 3.16. The summed E-state index contributed by atoms with van der Waals surface area (Å²) >= 11 is 0. The molecule has 1 fully saturated rings. The van der Waals surface area contributed by atoms with Crippen molar-refractivity contribution >= 4 is 5.91 Å². The minimum atomic E-state index is -0.660. The number of nitrogens with zero attached hydrogens (tertiary/aromatic N) is 3. The van der Waals surface area contributed by atoms with Gasteiger partial charge in [-0.25, -0.2) is 0 Å². The monoisotopic (exact) mass is 330 g/mol. The highest BCUT2D eigenvalue weighted by Gasteiger charge is 2.30. The lowest BCUT2D eigenvalue weighted by atomic mass is 10.1. The van der Waals surface area contributed by atoms with Crippen LogP contribution in [0, 0.1) is 0 Å². The van der Waals surface area contributed by atoms with Gasteiger partial charge in [-0.2, -0.15) is 4.98 Å². The summed E-state index contributed by atoms with van der Waals surface area (Å²) < 4.78 is 10.5. The van der Waals surface area contributed by atoms with Crippen LogP contribution < -0.4 is 10.5 Å². The molecular weight excluding hydrogens is 308 g/mol. The number of aryl methyl sites for hydroxylation is 1. The van der Waals surface area contributed by atoms with Crippen LogP contribution in [0.3, 0.4) is 0 Å². The van der Waals surface area contributed by atoms with Crippen molar-refractivity contribution in [3.63, 3.8) is 0 Å². The van der Waals surface area contributed by atoms with Crippen molar-refractivity contribution in [3.8, 4) is 5.75 Å². The third kappa shape index (κ3) is 3.73. The highest BCUT2D eigenvalue weighted by Crippen LogP contribution is 2.31. The molecule has 3 rings (SSSR count). The highest BCUT2D eigenvalue weighted by atomic mass is 16.5. The van der Waals surface area contributed by atoms with Gasteiger partial charge in [-0.3, -0.25) is 9.69 Å². The summed E-state index contributed by atoms with van der Waals surface area (Å²) in [6.07, 6.45) is 4.05. The van der Waals surface area contributed by atoms with Crippen molar-refractivity contribution in [3.05, 3.63) is 41.5 Å². The first kappa shape index (κ1) is 16.4. The Bertz CT molecular complexity index is 701.